The first kappa shape index (κ1) is 14.2. The van der Waals surface area contributed by atoms with Gasteiger partial charge in [0.2, 0.25) is 5.88 Å². The summed E-state index contributed by atoms with van der Waals surface area (Å²) in [7, 11) is 0. The van der Waals surface area contributed by atoms with Crippen LogP contribution in [-0.4, -0.2) is 34.5 Å². The van der Waals surface area contributed by atoms with Crippen molar-refractivity contribution in [3.05, 3.63) is 12.4 Å². The molecule has 0 unspecified atom stereocenters. The number of hydrogen-bond donors (Lipinski definition) is 0. The van der Waals surface area contributed by atoms with Gasteiger partial charge in [0.05, 0.1) is 6.10 Å². The van der Waals surface area contributed by atoms with Gasteiger partial charge < -0.3 is 9.64 Å². The van der Waals surface area contributed by atoms with Crippen molar-refractivity contribution in [1.29, 1.82) is 0 Å². The van der Waals surface area contributed by atoms with E-state index < -0.39 is 0 Å². The van der Waals surface area contributed by atoms with Crippen LogP contribution in [-0.2, 0) is 0 Å². The molecule has 4 nitrogen and oxygen atoms in total. The van der Waals surface area contributed by atoms with E-state index in [-0.39, 0.29) is 6.10 Å². The largest absolute Gasteiger partial charge is 0.475 e. The van der Waals surface area contributed by atoms with Gasteiger partial charge in [-0.15, -0.1) is 0 Å². The summed E-state index contributed by atoms with van der Waals surface area (Å²) in [6.07, 6.45) is 2.79. The topological polar surface area (TPSA) is 38.2 Å². The fourth-order valence-corrected chi connectivity index (χ4v) is 1.74. The van der Waals surface area contributed by atoms with Crippen molar-refractivity contribution >= 4 is 21.7 Å². The van der Waals surface area contributed by atoms with Crippen LogP contribution in [0.25, 0.3) is 0 Å². The molecule has 0 spiro atoms. The van der Waals surface area contributed by atoms with E-state index in [2.05, 4.69) is 37.7 Å². The van der Waals surface area contributed by atoms with Crippen molar-refractivity contribution in [1.82, 2.24) is 9.97 Å². The zero-order valence-electron chi connectivity index (χ0n) is 10.7. The van der Waals surface area contributed by atoms with Crippen LogP contribution in [0.2, 0.25) is 0 Å². The van der Waals surface area contributed by atoms with Gasteiger partial charge in [-0.05, 0) is 27.2 Å². The summed E-state index contributed by atoms with van der Waals surface area (Å²) in [6.45, 7) is 8.03. The molecule has 0 atom stereocenters. The van der Waals surface area contributed by atoms with Crippen LogP contribution < -0.4 is 9.64 Å². The van der Waals surface area contributed by atoms with E-state index in [1.165, 1.54) is 0 Å². The number of ether oxygens (including phenoxy) is 1. The van der Waals surface area contributed by atoms with Gasteiger partial charge in [-0.1, -0.05) is 15.9 Å². The van der Waals surface area contributed by atoms with Gasteiger partial charge in [-0.25, -0.2) is 9.97 Å². The molecule has 0 radical (unpaired) electrons. The van der Waals surface area contributed by atoms with Crippen LogP contribution in [0.1, 0.15) is 27.2 Å². The first-order valence-corrected chi connectivity index (χ1v) is 7.09. The molecule has 0 aromatic carbocycles. The van der Waals surface area contributed by atoms with Crippen LogP contribution in [0.3, 0.4) is 0 Å². The molecule has 0 saturated carbocycles. The van der Waals surface area contributed by atoms with Crippen molar-refractivity contribution in [3.8, 4) is 5.88 Å². The number of rotatable bonds is 7. The van der Waals surface area contributed by atoms with E-state index in [1.54, 1.807) is 6.33 Å². The molecule has 1 rings (SSSR count). The van der Waals surface area contributed by atoms with Crippen LogP contribution in [0, 0.1) is 0 Å². The maximum absolute atomic E-state index is 5.57. The summed E-state index contributed by atoms with van der Waals surface area (Å²) in [5, 5.41) is 1.00. The third kappa shape index (κ3) is 4.89. The van der Waals surface area contributed by atoms with Crippen molar-refractivity contribution < 1.29 is 4.74 Å². The van der Waals surface area contributed by atoms with Gasteiger partial charge in [0.25, 0.3) is 0 Å². The van der Waals surface area contributed by atoms with Gasteiger partial charge in [-0.3, -0.25) is 0 Å². The molecule has 0 amide bonds. The van der Waals surface area contributed by atoms with E-state index >= 15 is 0 Å². The predicted molar refractivity (Wildman–Crippen MR) is 74.1 cm³/mol. The highest BCUT2D eigenvalue weighted by Gasteiger charge is 2.08. The highest BCUT2D eigenvalue weighted by Crippen LogP contribution is 2.16. The van der Waals surface area contributed by atoms with Crippen LogP contribution in [0.5, 0.6) is 5.88 Å². The first-order chi connectivity index (χ1) is 8.17. The second kappa shape index (κ2) is 7.48. The van der Waals surface area contributed by atoms with Gasteiger partial charge in [-0.2, -0.15) is 0 Å². The standard InChI is InChI=1S/C12H20BrN3O/c1-4-16(7-5-6-13)11-8-12(15-9-14-11)17-10(2)3/h8-10H,4-7H2,1-3H3. The Morgan fingerprint density at radius 3 is 2.76 bits per heavy atom. The quantitative estimate of drug-likeness (QED) is 0.726. The zero-order valence-corrected chi connectivity index (χ0v) is 12.3. The number of anilines is 1. The van der Waals surface area contributed by atoms with Gasteiger partial charge in [0.1, 0.15) is 12.1 Å². The fourth-order valence-electron chi connectivity index (χ4n) is 1.49. The molecular formula is C12H20BrN3O. The SMILES string of the molecule is CCN(CCCBr)c1cc(OC(C)C)ncn1. The van der Waals surface area contributed by atoms with Gasteiger partial charge in [0.15, 0.2) is 0 Å². The average molecular weight is 302 g/mol. The molecular weight excluding hydrogens is 282 g/mol. The van der Waals surface area contributed by atoms with E-state index in [9.17, 15) is 0 Å². The molecule has 0 N–H and O–H groups in total. The van der Waals surface area contributed by atoms with Crippen molar-refractivity contribution in [2.24, 2.45) is 0 Å². The van der Waals surface area contributed by atoms with Crippen LogP contribution in [0.4, 0.5) is 5.82 Å². The summed E-state index contributed by atoms with van der Waals surface area (Å²) >= 11 is 3.44. The molecule has 5 heteroatoms. The number of aromatic nitrogens is 2. The van der Waals surface area contributed by atoms with Crippen molar-refractivity contribution in [3.63, 3.8) is 0 Å². The van der Waals surface area contributed by atoms with E-state index in [0.717, 1.165) is 30.7 Å². The molecule has 1 aromatic rings. The highest BCUT2D eigenvalue weighted by atomic mass is 79.9. The van der Waals surface area contributed by atoms with Crippen molar-refractivity contribution in [2.45, 2.75) is 33.3 Å². The first-order valence-electron chi connectivity index (χ1n) is 5.97. The van der Waals surface area contributed by atoms with Gasteiger partial charge >= 0.3 is 0 Å². The number of hydrogen-bond acceptors (Lipinski definition) is 4. The molecule has 1 aromatic heterocycles. The molecule has 17 heavy (non-hydrogen) atoms. The summed E-state index contributed by atoms with van der Waals surface area (Å²) < 4.78 is 5.57. The van der Waals surface area contributed by atoms with E-state index in [0.29, 0.717) is 5.88 Å². The molecule has 0 aliphatic heterocycles. The Morgan fingerprint density at radius 1 is 1.41 bits per heavy atom. The number of nitrogens with zero attached hydrogens (tertiary/aromatic N) is 3. The maximum atomic E-state index is 5.57. The number of alkyl halides is 1. The Balaban J connectivity index is 2.73. The molecule has 1 heterocycles. The van der Waals surface area contributed by atoms with Crippen LogP contribution >= 0.6 is 15.9 Å². The molecule has 0 aliphatic rings. The lowest BCUT2D eigenvalue weighted by Crippen LogP contribution is -2.25. The molecule has 0 aliphatic carbocycles. The third-order valence-electron chi connectivity index (χ3n) is 2.25. The Kier molecular flexibility index (Phi) is 6.26. The summed E-state index contributed by atoms with van der Waals surface area (Å²) in [4.78, 5) is 10.6. The second-order valence-electron chi connectivity index (χ2n) is 4.00. The van der Waals surface area contributed by atoms with Crippen LogP contribution in [0.15, 0.2) is 12.4 Å². The molecule has 0 fully saturated rings. The average Bonchev–Trinajstić information content (AvgIpc) is 2.30. The predicted octanol–water partition coefficient (Wildman–Crippen LogP) is 2.88. The zero-order chi connectivity index (χ0) is 12.7. The minimum atomic E-state index is 0.135. The molecule has 0 bridgehead atoms. The highest BCUT2D eigenvalue weighted by molar-refractivity contribution is 9.09. The van der Waals surface area contributed by atoms with Crippen molar-refractivity contribution in [2.75, 3.05) is 23.3 Å². The normalized spacial score (nSPS) is 10.6. The lowest BCUT2D eigenvalue weighted by atomic mass is 10.4. The maximum Gasteiger partial charge on any atom is 0.218 e. The summed E-state index contributed by atoms with van der Waals surface area (Å²) in [5.74, 6) is 1.57. The summed E-state index contributed by atoms with van der Waals surface area (Å²) in [6, 6.07) is 1.90. The lowest BCUT2D eigenvalue weighted by molar-refractivity contribution is 0.232. The molecule has 96 valence electrons. The lowest BCUT2D eigenvalue weighted by Gasteiger charge is -2.21. The minimum absolute atomic E-state index is 0.135. The third-order valence-corrected chi connectivity index (χ3v) is 2.81. The Labute approximate surface area is 112 Å². The Morgan fingerprint density at radius 2 is 2.18 bits per heavy atom. The van der Waals surface area contributed by atoms with E-state index in [1.807, 2.05) is 19.9 Å². The van der Waals surface area contributed by atoms with E-state index in [4.69, 9.17) is 4.74 Å². The number of halogens is 1. The molecule has 0 saturated heterocycles. The fraction of sp³-hybridized carbons (Fsp3) is 0.667. The minimum Gasteiger partial charge on any atom is -0.475 e. The summed E-state index contributed by atoms with van der Waals surface area (Å²) in [5.41, 5.74) is 0. The Bertz CT molecular complexity index is 333. The second-order valence-corrected chi connectivity index (χ2v) is 4.80. The Hall–Kier alpha value is -0.840. The van der Waals surface area contributed by atoms with Gasteiger partial charge in [0, 0.05) is 24.5 Å². The monoisotopic (exact) mass is 301 g/mol. The smallest absolute Gasteiger partial charge is 0.218 e.